The molecule has 0 atom stereocenters. The summed E-state index contributed by atoms with van der Waals surface area (Å²) in [5.41, 5.74) is 0.657. The SMILES string of the molecule is CC(C)NCCCOc1nccn2cnnc12. The molecule has 2 heterocycles. The molecule has 0 fully saturated rings. The second kappa shape index (κ2) is 5.58. The average Bonchev–Trinajstić information content (AvgIpc) is 2.77. The van der Waals surface area contributed by atoms with Crippen molar-refractivity contribution >= 4 is 5.65 Å². The van der Waals surface area contributed by atoms with Crippen LogP contribution in [0.15, 0.2) is 18.7 Å². The summed E-state index contributed by atoms with van der Waals surface area (Å²) < 4.78 is 7.37. The summed E-state index contributed by atoms with van der Waals surface area (Å²) in [5, 5.41) is 11.1. The van der Waals surface area contributed by atoms with Crippen molar-refractivity contribution in [3.05, 3.63) is 18.7 Å². The van der Waals surface area contributed by atoms with Gasteiger partial charge in [-0.15, -0.1) is 10.2 Å². The lowest BCUT2D eigenvalue weighted by Gasteiger charge is -2.08. The first kappa shape index (κ1) is 11.8. The summed E-state index contributed by atoms with van der Waals surface area (Å²) in [5.74, 6) is 0.537. The van der Waals surface area contributed by atoms with Crippen molar-refractivity contribution in [2.24, 2.45) is 0 Å². The minimum Gasteiger partial charge on any atom is -0.475 e. The first-order valence-electron chi connectivity index (χ1n) is 5.78. The van der Waals surface area contributed by atoms with Crippen LogP contribution in [0.3, 0.4) is 0 Å². The Kier molecular flexibility index (Phi) is 3.87. The summed E-state index contributed by atoms with van der Waals surface area (Å²) in [4.78, 5) is 4.15. The highest BCUT2D eigenvalue weighted by Crippen LogP contribution is 2.12. The van der Waals surface area contributed by atoms with Crippen LogP contribution >= 0.6 is 0 Å². The minimum absolute atomic E-state index is 0.507. The number of aromatic nitrogens is 4. The quantitative estimate of drug-likeness (QED) is 0.753. The fraction of sp³-hybridized carbons (Fsp3) is 0.545. The number of nitrogens with zero attached hydrogens (tertiary/aromatic N) is 4. The number of hydrogen-bond acceptors (Lipinski definition) is 5. The van der Waals surface area contributed by atoms with Crippen LogP contribution in [-0.4, -0.2) is 38.8 Å². The van der Waals surface area contributed by atoms with Gasteiger partial charge in [0.1, 0.15) is 6.33 Å². The van der Waals surface area contributed by atoms with Crippen LogP contribution in [0.5, 0.6) is 5.88 Å². The lowest BCUT2D eigenvalue weighted by molar-refractivity contribution is 0.297. The van der Waals surface area contributed by atoms with Crippen molar-refractivity contribution < 1.29 is 4.74 Å². The highest BCUT2D eigenvalue weighted by Gasteiger charge is 2.05. The zero-order valence-electron chi connectivity index (χ0n) is 10.1. The van der Waals surface area contributed by atoms with Crippen molar-refractivity contribution in [3.8, 4) is 5.88 Å². The molecule has 0 spiro atoms. The van der Waals surface area contributed by atoms with E-state index in [2.05, 4.69) is 34.3 Å². The van der Waals surface area contributed by atoms with E-state index in [4.69, 9.17) is 4.74 Å². The van der Waals surface area contributed by atoms with Crippen molar-refractivity contribution in [3.63, 3.8) is 0 Å². The molecule has 2 aromatic rings. The molecule has 0 saturated heterocycles. The molecule has 0 aliphatic rings. The van der Waals surface area contributed by atoms with Gasteiger partial charge in [0, 0.05) is 18.4 Å². The Balaban J connectivity index is 1.84. The Morgan fingerprint density at radius 3 is 3.18 bits per heavy atom. The average molecular weight is 235 g/mol. The fourth-order valence-electron chi connectivity index (χ4n) is 1.47. The molecule has 6 nitrogen and oxygen atoms in total. The van der Waals surface area contributed by atoms with Crippen LogP contribution in [0, 0.1) is 0 Å². The lowest BCUT2D eigenvalue weighted by Crippen LogP contribution is -2.24. The highest BCUT2D eigenvalue weighted by molar-refractivity contribution is 5.47. The largest absolute Gasteiger partial charge is 0.475 e. The van der Waals surface area contributed by atoms with E-state index in [1.54, 1.807) is 23.1 Å². The zero-order valence-corrected chi connectivity index (χ0v) is 10.1. The maximum Gasteiger partial charge on any atom is 0.260 e. The Hall–Kier alpha value is -1.69. The molecule has 0 unspecified atom stereocenters. The third-order valence-corrected chi connectivity index (χ3v) is 2.30. The van der Waals surface area contributed by atoms with E-state index >= 15 is 0 Å². The number of ether oxygens (including phenoxy) is 1. The second-order valence-corrected chi connectivity index (χ2v) is 4.11. The molecule has 0 aliphatic heterocycles. The lowest BCUT2D eigenvalue weighted by atomic mass is 10.3. The molecule has 0 radical (unpaired) electrons. The molecule has 1 N–H and O–H groups in total. The summed E-state index contributed by atoms with van der Waals surface area (Å²) in [6, 6.07) is 0.507. The number of rotatable bonds is 6. The van der Waals surface area contributed by atoms with E-state index in [0.29, 0.717) is 24.2 Å². The van der Waals surface area contributed by atoms with Gasteiger partial charge in [0.25, 0.3) is 5.88 Å². The molecular formula is C11H17N5O. The van der Waals surface area contributed by atoms with Gasteiger partial charge < -0.3 is 10.1 Å². The Morgan fingerprint density at radius 1 is 1.47 bits per heavy atom. The zero-order chi connectivity index (χ0) is 12.1. The van der Waals surface area contributed by atoms with Crippen LogP contribution in [0.2, 0.25) is 0 Å². The molecule has 17 heavy (non-hydrogen) atoms. The van der Waals surface area contributed by atoms with Crippen molar-refractivity contribution in [1.29, 1.82) is 0 Å². The van der Waals surface area contributed by atoms with Gasteiger partial charge in [-0.3, -0.25) is 4.40 Å². The fourth-order valence-corrected chi connectivity index (χ4v) is 1.47. The van der Waals surface area contributed by atoms with Gasteiger partial charge in [0.05, 0.1) is 6.61 Å². The van der Waals surface area contributed by atoms with Crippen LogP contribution < -0.4 is 10.1 Å². The molecule has 6 heteroatoms. The third-order valence-electron chi connectivity index (χ3n) is 2.30. The van der Waals surface area contributed by atoms with Crippen LogP contribution in [-0.2, 0) is 0 Å². The van der Waals surface area contributed by atoms with E-state index in [0.717, 1.165) is 13.0 Å². The molecule has 0 amide bonds. The van der Waals surface area contributed by atoms with E-state index in [1.165, 1.54) is 0 Å². The molecule has 0 bridgehead atoms. The maximum atomic E-state index is 5.58. The minimum atomic E-state index is 0.507. The van der Waals surface area contributed by atoms with Crippen molar-refractivity contribution in [2.75, 3.05) is 13.2 Å². The topological polar surface area (TPSA) is 64.3 Å². The van der Waals surface area contributed by atoms with E-state index < -0.39 is 0 Å². The standard InChI is InChI=1S/C11H17N5O/c1-9(2)12-4-3-7-17-11-10-15-14-8-16(10)6-5-13-11/h5-6,8-9,12H,3-4,7H2,1-2H3. The number of nitrogens with one attached hydrogen (secondary N) is 1. The third kappa shape index (κ3) is 3.13. The van der Waals surface area contributed by atoms with E-state index in [1.807, 2.05) is 0 Å². The number of hydrogen-bond donors (Lipinski definition) is 1. The van der Waals surface area contributed by atoms with Gasteiger partial charge in [0.15, 0.2) is 0 Å². The first-order chi connectivity index (χ1) is 8.27. The summed E-state index contributed by atoms with van der Waals surface area (Å²) in [6.45, 7) is 5.81. The van der Waals surface area contributed by atoms with Crippen LogP contribution in [0.4, 0.5) is 0 Å². The Morgan fingerprint density at radius 2 is 2.35 bits per heavy atom. The van der Waals surface area contributed by atoms with Gasteiger partial charge in [-0.05, 0) is 13.0 Å². The predicted molar refractivity (Wildman–Crippen MR) is 64.0 cm³/mol. The van der Waals surface area contributed by atoms with Gasteiger partial charge >= 0.3 is 0 Å². The maximum absolute atomic E-state index is 5.58. The van der Waals surface area contributed by atoms with Gasteiger partial charge in [-0.2, -0.15) is 0 Å². The Labute approximate surface area is 100 Å². The van der Waals surface area contributed by atoms with Crippen molar-refractivity contribution in [2.45, 2.75) is 26.3 Å². The summed E-state index contributed by atoms with van der Waals surface area (Å²) in [6.07, 6.45) is 6.04. The predicted octanol–water partition coefficient (Wildman–Crippen LogP) is 0.891. The highest BCUT2D eigenvalue weighted by atomic mass is 16.5. The van der Waals surface area contributed by atoms with E-state index in [9.17, 15) is 0 Å². The first-order valence-corrected chi connectivity index (χ1v) is 5.78. The van der Waals surface area contributed by atoms with Crippen LogP contribution in [0.25, 0.3) is 5.65 Å². The molecule has 0 aliphatic carbocycles. The summed E-state index contributed by atoms with van der Waals surface area (Å²) in [7, 11) is 0. The molecule has 2 rings (SSSR count). The van der Waals surface area contributed by atoms with Crippen LogP contribution in [0.1, 0.15) is 20.3 Å². The second-order valence-electron chi connectivity index (χ2n) is 4.11. The van der Waals surface area contributed by atoms with E-state index in [-0.39, 0.29) is 0 Å². The Bertz CT molecular complexity index is 468. The van der Waals surface area contributed by atoms with Crippen molar-refractivity contribution in [1.82, 2.24) is 24.9 Å². The smallest absolute Gasteiger partial charge is 0.260 e. The van der Waals surface area contributed by atoms with Gasteiger partial charge in [-0.1, -0.05) is 13.8 Å². The number of fused-ring (bicyclic) bond motifs is 1. The molecule has 0 saturated carbocycles. The molecule has 92 valence electrons. The van der Waals surface area contributed by atoms with Gasteiger partial charge in [0.2, 0.25) is 5.65 Å². The monoisotopic (exact) mass is 235 g/mol. The molecular weight excluding hydrogens is 218 g/mol. The van der Waals surface area contributed by atoms with Gasteiger partial charge in [-0.25, -0.2) is 4.98 Å². The molecule has 0 aromatic carbocycles. The molecule has 2 aromatic heterocycles. The normalized spacial score (nSPS) is 11.2. The summed E-state index contributed by atoms with van der Waals surface area (Å²) >= 11 is 0.